The average Bonchev–Trinajstić information content (AvgIpc) is 3.42. The zero-order valence-electron chi connectivity index (χ0n) is 21.9. The van der Waals surface area contributed by atoms with Gasteiger partial charge in [-0.05, 0) is 72.9 Å². The van der Waals surface area contributed by atoms with Gasteiger partial charge in [-0.2, -0.15) is 0 Å². The second-order valence-electron chi connectivity index (χ2n) is 11.4. The number of hydrazine groups is 1. The Kier molecular flexibility index (Phi) is 8.30. The number of amides is 2. The number of carbonyl (C=O) groups is 3. The van der Waals surface area contributed by atoms with Crippen molar-refractivity contribution in [2.75, 3.05) is 23.3 Å². The maximum Gasteiger partial charge on any atom is 0.426 e. The molecule has 1 saturated heterocycles. The van der Waals surface area contributed by atoms with Gasteiger partial charge in [-0.25, -0.2) is 10.2 Å². The predicted octanol–water partition coefficient (Wildman–Crippen LogP) is 3.58. The summed E-state index contributed by atoms with van der Waals surface area (Å²) in [5.41, 5.74) is 11.2. The van der Waals surface area contributed by atoms with Crippen LogP contribution in [-0.2, 0) is 14.3 Å². The first-order valence-corrected chi connectivity index (χ1v) is 12.6. The minimum Gasteiger partial charge on any atom is -0.459 e. The van der Waals surface area contributed by atoms with Crippen LogP contribution in [0.5, 0.6) is 0 Å². The number of hydrogen-bond donors (Lipinski definition) is 4. The summed E-state index contributed by atoms with van der Waals surface area (Å²) in [6.45, 7) is 11.8. The standard InChI is InChI=1S/C25H38ClN5O5/c1-24(2,3)35-22(33)20(27)14-9-10-31(13-14)19-12-18(28-15-7-8-15)16(11-17(19)26)21(32)29-30-23(34)36-25(4,5)6/h11-12,14-15,20,28H,7-10,13,27H2,1-6H3,(H,29,32)(H,30,34). The van der Waals surface area contributed by atoms with Gasteiger partial charge in [0.15, 0.2) is 0 Å². The summed E-state index contributed by atoms with van der Waals surface area (Å²) in [4.78, 5) is 39.3. The van der Waals surface area contributed by atoms with E-state index in [4.69, 9.17) is 26.8 Å². The maximum atomic E-state index is 12.9. The second-order valence-corrected chi connectivity index (χ2v) is 11.8. The van der Waals surface area contributed by atoms with Crippen LogP contribution in [0.15, 0.2) is 12.1 Å². The van der Waals surface area contributed by atoms with Crippen LogP contribution in [0.2, 0.25) is 5.02 Å². The van der Waals surface area contributed by atoms with Gasteiger partial charge in [0.1, 0.15) is 17.2 Å². The molecule has 0 radical (unpaired) electrons. The van der Waals surface area contributed by atoms with Crippen LogP contribution in [0.4, 0.5) is 16.2 Å². The average molecular weight is 524 g/mol. The molecule has 1 saturated carbocycles. The normalized spacial score (nSPS) is 18.9. The van der Waals surface area contributed by atoms with Crippen LogP contribution in [-0.4, -0.2) is 54.3 Å². The van der Waals surface area contributed by atoms with Crippen LogP contribution in [0.3, 0.4) is 0 Å². The van der Waals surface area contributed by atoms with Crippen molar-refractivity contribution in [3.63, 3.8) is 0 Å². The quantitative estimate of drug-likeness (QED) is 0.328. The molecule has 11 heteroatoms. The fourth-order valence-electron chi connectivity index (χ4n) is 3.90. The zero-order chi connectivity index (χ0) is 26.8. The molecule has 1 aromatic carbocycles. The number of anilines is 2. The Balaban J connectivity index is 1.73. The number of nitrogens with two attached hydrogens (primary N) is 1. The molecule has 5 N–H and O–H groups in total. The molecule has 1 heterocycles. The highest BCUT2D eigenvalue weighted by Crippen LogP contribution is 2.37. The van der Waals surface area contributed by atoms with E-state index in [2.05, 4.69) is 21.1 Å². The molecule has 1 aliphatic heterocycles. The lowest BCUT2D eigenvalue weighted by Crippen LogP contribution is -2.44. The van der Waals surface area contributed by atoms with Gasteiger partial charge in [0.05, 0.1) is 16.3 Å². The van der Waals surface area contributed by atoms with Crippen molar-refractivity contribution in [1.29, 1.82) is 0 Å². The smallest absolute Gasteiger partial charge is 0.426 e. The van der Waals surface area contributed by atoms with E-state index in [-0.39, 0.29) is 12.0 Å². The first kappa shape index (κ1) is 27.9. The first-order chi connectivity index (χ1) is 16.6. The molecular weight excluding hydrogens is 486 g/mol. The summed E-state index contributed by atoms with van der Waals surface area (Å²) in [6, 6.07) is 2.96. The molecule has 36 heavy (non-hydrogen) atoms. The lowest BCUT2D eigenvalue weighted by molar-refractivity contribution is -0.157. The molecule has 2 unspecified atom stereocenters. The molecule has 200 valence electrons. The van der Waals surface area contributed by atoms with E-state index in [9.17, 15) is 14.4 Å². The molecule has 0 spiro atoms. The molecule has 2 atom stereocenters. The van der Waals surface area contributed by atoms with E-state index in [1.165, 1.54) is 0 Å². The Morgan fingerprint density at radius 3 is 2.25 bits per heavy atom. The van der Waals surface area contributed by atoms with Crippen LogP contribution in [0.25, 0.3) is 0 Å². The predicted molar refractivity (Wildman–Crippen MR) is 139 cm³/mol. The number of esters is 1. The van der Waals surface area contributed by atoms with E-state index in [1.54, 1.807) is 26.8 Å². The van der Waals surface area contributed by atoms with Gasteiger partial charge in [-0.3, -0.25) is 15.0 Å². The minimum absolute atomic E-state index is 0.0863. The number of hydrogen-bond acceptors (Lipinski definition) is 8. The number of rotatable bonds is 6. The SMILES string of the molecule is CC(C)(C)OC(=O)NNC(=O)c1cc(Cl)c(N2CCC(C(N)C(=O)OC(C)(C)C)C2)cc1NC1CC1. The third-order valence-electron chi connectivity index (χ3n) is 5.70. The zero-order valence-corrected chi connectivity index (χ0v) is 22.6. The van der Waals surface area contributed by atoms with Crippen LogP contribution < -0.4 is 26.8 Å². The lowest BCUT2D eigenvalue weighted by Gasteiger charge is -2.26. The van der Waals surface area contributed by atoms with Gasteiger partial charge in [-0.15, -0.1) is 0 Å². The molecule has 1 aromatic rings. The van der Waals surface area contributed by atoms with Gasteiger partial charge in [0, 0.05) is 30.7 Å². The fraction of sp³-hybridized carbons (Fsp3) is 0.640. The van der Waals surface area contributed by atoms with Crippen molar-refractivity contribution in [3.8, 4) is 0 Å². The largest absolute Gasteiger partial charge is 0.459 e. The van der Waals surface area contributed by atoms with Crippen molar-refractivity contribution in [2.24, 2.45) is 11.7 Å². The summed E-state index contributed by atoms with van der Waals surface area (Å²) in [6.07, 6.45) is 1.96. The third-order valence-corrected chi connectivity index (χ3v) is 6.00. The number of benzene rings is 1. The first-order valence-electron chi connectivity index (χ1n) is 12.3. The molecule has 3 rings (SSSR count). The Bertz CT molecular complexity index is 1000. The molecule has 2 amide bonds. The minimum atomic E-state index is -0.764. The third kappa shape index (κ3) is 7.89. The van der Waals surface area contributed by atoms with Crippen LogP contribution in [0, 0.1) is 5.92 Å². The highest BCUT2D eigenvalue weighted by atomic mass is 35.5. The molecular formula is C25H38ClN5O5. The van der Waals surface area contributed by atoms with Crippen LogP contribution in [0.1, 0.15) is 71.2 Å². The fourth-order valence-corrected chi connectivity index (χ4v) is 4.18. The van der Waals surface area contributed by atoms with E-state index < -0.39 is 35.2 Å². The van der Waals surface area contributed by atoms with E-state index in [0.717, 1.165) is 18.5 Å². The van der Waals surface area contributed by atoms with Crippen molar-refractivity contribution in [1.82, 2.24) is 10.9 Å². The molecule has 0 bridgehead atoms. The number of halogens is 1. The van der Waals surface area contributed by atoms with E-state index in [0.29, 0.717) is 35.8 Å². The number of nitrogens with one attached hydrogen (secondary N) is 3. The summed E-state index contributed by atoms with van der Waals surface area (Å²) in [7, 11) is 0. The van der Waals surface area contributed by atoms with E-state index >= 15 is 0 Å². The van der Waals surface area contributed by atoms with Crippen molar-refractivity contribution >= 4 is 40.9 Å². The molecule has 1 aliphatic carbocycles. The summed E-state index contributed by atoms with van der Waals surface area (Å²) < 4.78 is 10.6. The second kappa shape index (κ2) is 10.7. The Morgan fingerprint density at radius 2 is 1.67 bits per heavy atom. The number of ether oxygens (including phenoxy) is 2. The van der Waals surface area contributed by atoms with Gasteiger partial charge in [0.2, 0.25) is 0 Å². The topological polar surface area (TPSA) is 135 Å². The lowest BCUT2D eigenvalue weighted by atomic mass is 9.99. The Hall–Kier alpha value is -2.72. The van der Waals surface area contributed by atoms with Gasteiger partial charge < -0.3 is 25.4 Å². The number of nitrogens with zero attached hydrogens (tertiary/aromatic N) is 1. The monoisotopic (exact) mass is 523 g/mol. The van der Waals surface area contributed by atoms with Gasteiger partial charge >= 0.3 is 12.1 Å². The summed E-state index contributed by atoms with van der Waals surface area (Å²) >= 11 is 6.62. The Labute approximate surface area is 217 Å². The maximum absolute atomic E-state index is 12.9. The number of carbonyl (C=O) groups excluding carboxylic acids is 3. The van der Waals surface area contributed by atoms with Gasteiger partial charge in [-0.1, -0.05) is 11.6 Å². The highest BCUT2D eigenvalue weighted by molar-refractivity contribution is 6.34. The molecule has 2 aliphatic rings. The highest BCUT2D eigenvalue weighted by Gasteiger charge is 2.35. The molecule has 0 aromatic heterocycles. The van der Waals surface area contributed by atoms with E-state index in [1.807, 2.05) is 26.8 Å². The van der Waals surface area contributed by atoms with Crippen LogP contribution >= 0.6 is 11.6 Å². The van der Waals surface area contributed by atoms with Crippen molar-refractivity contribution < 1.29 is 23.9 Å². The summed E-state index contributed by atoms with van der Waals surface area (Å²) in [5.74, 6) is -1.03. The van der Waals surface area contributed by atoms with Gasteiger partial charge in [0.25, 0.3) is 5.91 Å². The molecule has 10 nitrogen and oxygen atoms in total. The summed E-state index contributed by atoms with van der Waals surface area (Å²) in [5, 5.41) is 3.75. The van der Waals surface area contributed by atoms with Crippen molar-refractivity contribution in [3.05, 3.63) is 22.7 Å². The Morgan fingerprint density at radius 1 is 1.03 bits per heavy atom. The molecule has 2 fully saturated rings. The van der Waals surface area contributed by atoms with Crippen molar-refractivity contribution in [2.45, 2.75) is 84.1 Å².